The lowest BCUT2D eigenvalue weighted by Gasteiger charge is -2.06. The van der Waals surface area contributed by atoms with Crippen molar-refractivity contribution in [3.8, 4) is 11.5 Å². The molecule has 0 saturated carbocycles. The quantitative estimate of drug-likeness (QED) is 0.601. The topological polar surface area (TPSA) is 60.5 Å². The van der Waals surface area contributed by atoms with Crippen LogP contribution in [-0.4, -0.2) is 23.6 Å². The Kier molecular flexibility index (Phi) is 4.70. The Bertz CT molecular complexity index is 929. The summed E-state index contributed by atoms with van der Waals surface area (Å²) in [6.07, 6.45) is 1.97. The summed E-state index contributed by atoms with van der Waals surface area (Å²) in [5.41, 5.74) is 3.55. The number of benzene rings is 1. The summed E-state index contributed by atoms with van der Waals surface area (Å²) in [5.74, 6) is 2.31. The van der Waals surface area contributed by atoms with Gasteiger partial charge in [-0.05, 0) is 42.7 Å². The average Bonchev–Trinajstić information content (AvgIpc) is 2.97. The second-order valence-electron chi connectivity index (χ2n) is 6.15. The fourth-order valence-electron chi connectivity index (χ4n) is 2.61. The van der Waals surface area contributed by atoms with Crippen molar-refractivity contribution < 1.29 is 9.47 Å². The first kappa shape index (κ1) is 17.0. The number of nitrogens with zero attached hydrogens (tertiary/aromatic N) is 4. The molecule has 0 radical (unpaired) electrons. The number of aromatic nitrogens is 2. The van der Waals surface area contributed by atoms with Crippen LogP contribution in [0.5, 0.6) is 11.5 Å². The number of hydrogen-bond acceptors (Lipinski definition) is 5. The van der Waals surface area contributed by atoms with E-state index in [0.29, 0.717) is 17.2 Å². The molecule has 1 aromatic carbocycles. The van der Waals surface area contributed by atoms with Crippen molar-refractivity contribution in [1.29, 1.82) is 0 Å². The van der Waals surface area contributed by atoms with E-state index in [-0.39, 0.29) is 5.92 Å². The maximum atomic E-state index is 5.36. The van der Waals surface area contributed by atoms with Gasteiger partial charge >= 0.3 is 0 Å². The third kappa shape index (κ3) is 3.33. The summed E-state index contributed by atoms with van der Waals surface area (Å²) >= 11 is 0. The van der Waals surface area contributed by atoms with Gasteiger partial charge in [-0.15, -0.1) is 10.2 Å². The molecule has 3 aromatic rings. The molecule has 2 heterocycles. The van der Waals surface area contributed by atoms with E-state index < -0.39 is 0 Å². The van der Waals surface area contributed by atoms with Crippen molar-refractivity contribution in [2.45, 2.75) is 26.7 Å². The second-order valence-corrected chi connectivity index (χ2v) is 6.15. The van der Waals surface area contributed by atoms with Gasteiger partial charge in [0, 0.05) is 12.3 Å². The zero-order chi connectivity index (χ0) is 18.0. The lowest BCUT2D eigenvalue weighted by atomic mass is 10.1. The van der Waals surface area contributed by atoms with E-state index in [2.05, 4.69) is 24.1 Å². The Morgan fingerprint density at radius 3 is 2.52 bits per heavy atom. The third-order valence-corrected chi connectivity index (χ3v) is 3.97. The van der Waals surface area contributed by atoms with Gasteiger partial charge in [-0.25, -0.2) is 4.98 Å². The molecule has 0 amide bonds. The van der Waals surface area contributed by atoms with Crippen molar-refractivity contribution in [2.75, 3.05) is 14.2 Å². The van der Waals surface area contributed by atoms with Crippen molar-refractivity contribution >= 4 is 17.2 Å². The zero-order valence-corrected chi connectivity index (χ0v) is 15.1. The van der Waals surface area contributed by atoms with Crippen LogP contribution in [0.15, 0.2) is 46.8 Å². The van der Waals surface area contributed by atoms with Crippen molar-refractivity contribution in [1.82, 2.24) is 9.38 Å². The first-order chi connectivity index (χ1) is 12.0. The van der Waals surface area contributed by atoms with E-state index >= 15 is 0 Å². The smallest absolute Gasteiger partial charge is 0.183 e. The maximum absolute atomic E-state index is 5.36. The summed E-state index contributed by atoms with van der Waals surface area (Å²) < 4.78 is 12.6. The zero-order valence-electron chi connectivity index (χ0n) is 15.1. The molecule has 0 aliphatic heterocycles. The first-order valence-electron chi connectivity index (χ1n) is 8.16. The third-order valence-electron chi connectivity index (χ3n) is 3.97. The molecule has 6 heteroatoms. The highest BCUT2D eigenvalue weighted by Gasteiger charge is 2.15. The minimum absolute atomic E-state index is 0.237. The molecule has 3 rings (SSSR count). The average molecular weight is 338 g/mol. The van der Waals surface area contributed by atoms with Crippen molar-refractivity contribution in [3.63, 3.8) is 0 Å². The summed E-state index contributed by atoms with van der Waals surface area (Å²) in [4.78, 5) is 4.71. The molecule has 0 saturated heterocycles. The van der Waals surface area contributed by atoms with Crippen molar-refractivity contribution in [3.05, 3.63) is 47.8 Å². The molecule has 2 aromatic heterocycles. The molecule has 0 N–H and O–H groups in total. The Hall–Kier alpha value is -2.89. The van der Waals surface area contributed by atoms with Gasteiger partial charge in [-0.1, -0.05) is 13.8 Å². The Morgan fingerprint density at radius 2 is 1.84 bits per heavy atom. The molecule has 25 heavy (non-hydrogen) atoms. The highest BCUT2D eigenvalue weighted by molar-refractivity contribution is 5.57. The normalized spacial score (nSPS) is 11.6. The van der Waals surface area contributed by atoms with E-state index in [1.807, 2.05) is 41.8 Å². The molecule has 0 bridgehead atoms. The number of aryl methyl sites for hydroxylation is 1. The van der Waals surface area contributed by atoms with Gasteiger partial charge in [0.2, 0.25) is 0 Å². The summed E-state index contributed by atoms with van der Waals surface area (Å²) in [5, 5.41) is 8.89. The maximum Gasteiger partial charge on any atom is 0.183 e. The predicted octanol–water partition coefficient (Wildman–Crippen LogP) is 5.20. The summed E-state index contributed by atoms with van der Waals surface area (Å²) in [6.45, 7) is 6.24. The van der Waals surface area contributed by atoms with E-state index in [4.69, 9.17) is 14.5 Å². The number of fused-ring (bicyclic) bond motifs is 1. The van der Waals surface area contributed by atoms with Crippen LogP contribution >= 0.6 is 0 Å². The van der Waals surface area contributed by atoms with Crippen LogP contribution in [0.2, 0.25) is 0 Å². The van der Waals surface area contributed by atoms with Crippen molar-refractivity contribution in [2.24, 2.45) is 10.2 Å². The first-order valence-corrected chi connectivity index (χ1v) is 8.16. The van der Waals surface area contributed by atoms with Crippen LogP contribution in [0.1, 0.15) is 31.0 Å². The van der Waals surface area contributed by atoms with Crippen LogP contribution in [0, 0.1) is 6.92 Å². The lowest BCUT2D eigenvalue weighted by molar-refractivity contribution is 0.404. The van der Waals surface area contributed by atoms with Gasteiger partial charge in [0.15, 0.2) is 5.82 Å². The number of hydrogen-bond donors (Lipinski definition) is 0. The van der Waals surface area contributed by atoms with Crippen LogP contribution in [0.3, 0.4) is 0 Å². The summed E-state index contributed by atoms with van der Waals surface area (Å²) in [6, 6.07) is 9.51. The molecule has 0 unspecified atom stereocenters. The number of methoxy groups -OCH3 is 2. The number of rotatable bonds is 5. The second kappa shape index (κ2) is 6.93. The molecular weight excluding hydrogens is 316 g/mol. The Balaban J connectivity index is 2.11. The van der Waals surface area contributed by atoms with E-state index in [1.165, 1.54) is 0 Å². The highest BCUT2D eigenvalue weighted by atomic mass is 16.5. The van der Waals surface area contributed by atoms with Gasteiger partial charge in [-0.2, -0.15) is 0 Å². The number of imidazole rings is 1. The molecule has 0 spiro atoms. The van der Waals surface area contributed by atoms with Crippen LogP contribution in [0.4, 0.5) is 11.5 Å². The largest absolute Gasteiger partial charge is 0.497 e. The molecule has 0 aliphatic rings. The van der Waals surface area contributed by atoms with Gasteiger partial charge in [0.05, 0.1) is 19.9 Å². The number of ether oxygens (including phenoxy) is 2. The van der Waals surface area contributed by atoms with Crippen LogP contribution in [-0.2, 0) is 0 Å². The molecule has 0 fully saturated rings. The molecule has 130 valence electrons. The van der Waals surface area contributed by atoms with Crippen LogP contribution < -0.4 is 9.47 Å². The van der Waals surface area contributed by atoms with Gasteiger partial charge in [0.1, 0.15) is 22.8 Å². The number of azo groups is 1. The standard InChI is InChI=1S/C19H22N4O2/c1-12(2)18-19(23-9-8-13(3)10-17(23)20-18)22-21-15-11-14(24-4)6-7-16(15)25-5/h6-12H,1-5H3. The molecular formula is C19H22N4O2. The Labute approximate surface area is 147 Å². The fourth-order valence-corrected chi connectivity index (χ4v) is 2.61. The van der Waals surface area contributed by atoms with E-state index in [9.17, 15) is 0 Å². The SMILES string of the molecule is COc1ccc(OC)c(N=Nc2c(C(C)C)nc3cc(C)ccn23)c1. The predicted molar refractivity (Wildman–Crippen MR) is 97.7 cm³/mol. The monoisotopic (exact) mass is 338 g/mol. The van der Waals surface area contributed by atoms with E-state index in [1.54, 1.807) is 20.3 Å². The minimum atomic E-state index is 0.237. The highest BCUT2D eigenvalue weighted by Crippen LogP contribution is 2.34. The molecule has 0 aliphatic carbocycles. The Morgan fingerprint density at radius 1 is 1.04 bits per heavy atom. The molecule has 6 nitrogen and oxygen atoms in total. The van der Waals surface area contributed by atoms with Gasteiger partial charge < -0.3 is 9.47 Å². The fraction of sp³-hybridized carbons (Fsp3) is 0.316. The lowest BCUT2D eigenvalue weighted by Crippen LogP contribution is -1.88. The van der Waals surface area contributed by atoms with Gasteiger partial charge in [0.25, 0.3) is 0 Å². The van der Waals surface area contributed by atoms with E-state index in [0.717, 1.165) is 22.7 Å². The minimum Gasteiger partial charge on any atom is -0.497 e. The summed E-state index contributed by atoms with van der Waals surface area (Å²) in [7, 11) is 3.23. The van der Waals surface area contributed by atoms with Gasteiger partial charge in [-0.3, -0.25) is 4.40 Å². The van der Waals surface area contributed by atoms with Crippen LogP contribution in [0.25, 0.3) is 5.65 Å². The number of pyridine rings is 1. The molecule has 0 atom stereocenters.